The van der Waals surface area contributed by atoms with E-state index in [0.29, 0.717) is 6.54 Å². The predicted octanol–water partition coefficient (Wildman–Crippen LogP) is -2.44. The molecule has 0 atom stereocenters. The fourth-order valence-electron chi connectivity index (χ4n) is 1.33. The SMILES string of the molecule is C[NH+](C)CC(=O)N1CCNCC1. The van der Waals surface area contributed by atoms with Crippen LogP contribution in [-0.4, -0.2) is 57.6 Å². The van der Waals surface area contributed by atoms with Crippen LogP contribution in [0.5, 0.6) is 0 Å². The van der Waals surface area contributed by atoms with Crippen LogP contribution >= 0.6 is 0 Å². The van der Waals surface area contributed by atoms with Gasteiger partial charge in [-0.3, -0.25) is 4.79 Å². The number of nitrogens with one attached hydrogen (secondary N) is 2. The molecule has 4 nitrogen and oxygen atoms in total. The van der Waals surface area contributed by atoms with Gasteiger partial charge in [-0.25, -0.2) is 0 Å². The summed E-state index contributed by atoms with van der Waals surface area (Å²) >= 11 is 0. The maximum absolute atomic E-state index is 11.5. The standard InChI is InChI=1S/C8H17N3O/c1-10(2)7-8(12)11-5-3-9-4-6-11/h9H,3-7H2,1-2H3/p+1. The third-order valence-electron chi connectivity index (χ3n) is 1.97. The molecule has 0 aromatic carbocycles. The van der Waals surface area contributed by atoms with E-state index in [1.165, 1.54) is 4.90 Å². The normalized spacial score (nSPS) is 18.4. The first kappa shape index (κ1) is 9.48. The summed E-state index contributed by atoms with van der Waals surface area (Å²) in [6.07, 6.45) is 0. The molecule has 1 amide bonds. The van der Waals surface area contributed by atoms with E-state index in [1.807, 2.05) is 19.0 Å². The van der Waals surface area contributed by atoms with Crippen LogP contribution < -0.4 is 10.2 Å². The number of carbonyl (C=O) groups excluding carboxylic acids is 1. The summed E-state index contributed by atoms with van der Waals surface area (Å²) in [4.78, 5) is 14.6. The van der Waals surface area contributed by atoms with E-state index >= 15 is 0 Å². The van der Waals surface area contributed by atoms with Crippen molar-refractivity contribution in [3.63, 3.8) is 0 Å². The average Bonchev–Trinajstić information content (AvgIpc) is 2.05. The van der Waals surface area contributed by atoms with Crippen LogP contribution in [0.4, 0.5) is 0 Å². The lowest BCUT2D eigenvalue weighted by atomic mass is 10.3. The maximum Gasteiger partial charge on any atom is 0.277 e. The molecule has 0 aromatic heterocycles. The first-order chi connectivity index (χ1) is 5.70. The number of hydrogen-bond acceptors (Lipinski definition) is 2. The molecule has 0 aliphatic carbocycles. The first-order valence-electron chi connectivity index (χ1n) is 4.47. The Kier molecular flexibility index (Phi) is 3.49. The minimum Gasteiger partial charge on any atom is -0.335 e. The summed E-state index contributed by atoms with van der Waals surface area (Å²) in [6.45, 7) is 4.22. The topological polar surface area (TPSA) is 36.8 Å². The Balaban J connectivity index is 2.30. The highest BCUT2D eigenvalue weighted by Gasteiger charge is 2.17. The van der Waals surface area contributed by atoms with Crippen molar-refractivity contribution in [1.82, 2.24) is 10.2 Å². The molecule has 1 fully saturated rings. The molecular weight excluding hydrogens is 154 g/mol. The van der Waals surface area contributed by atoms with Crippen LogP contribution in [-0.2, 0) is 4.79 Å². The fraction of sp³-hybridized carbons (Fsp3) is 0.875. The Labute approximate surface area is 73.5 Å². The predicted molar refractivity (Wildman–Crippen MR) is 47.1 cm³/mol. The second kappa shape index (κ2) is 4.42. The van der Waals surface area contributed by atoms with E-state index in [9.17, 15) is 4.79 Å². The Hall–Kier alpha value is -0.610. The van der Waals surface area contributed by atoms with Gasteiger partial charge in [0.15, 0.2) is 6.54 Å². The quantitative estimate of drug-likeness (QED) is 0.486. The van der Waals surface area contributed by atoms with E-state index in [4.69, 9.17) is 0 Å². The number of amides is 1. The maximum atomic E-state index is 11.5. The summed E-state index contributed by atoms with van der Waals surface area (Å²) in [5, 5.41) is 3.22. The Morgan fingerprint density at radius 2 is 2.00 bits per heavy atom. The van der Waals surface area contributed by atoms with Crippen molar-refractivity contribution in [2.24, 2.45) is 0 Å². The van der Waals surface area contributed by atoms with Gasteiger partial charge in [0.05, 0.1) is 14.1 Å². The zero-order valence-electron chi connectivity index (χ0n) is 7.89. The van der Waals surface area contributed by atoms with Crippen LogP contribution in [0.3, 0.4) is 0 Å². The molecule has 1 rings (SSSR count). The molecule has 1 aliphatic rings. The van der Waals surface area contributed by atoms with Crippen LogP contribution in [0.25, 0.3) is 0 Å². The van der Waals surface area contributed by atoms with Crippen LogP contribution in [0, 0.1) is 0 Å². The highest BCUT2D eigenvalue weighted by atomic mass is 16.2. The molecule has 0 bridgehead atoms. The molecule has 70 valence electrons. The molecule has 0 spiro atoms. The molecule has 2 N–H and O–H groups in total. The molecule has 0 saturated carbocycles. The second-order valence-corrected chi connectivity index (χ2v) is 3.51. The lowest BCUT2D eigenvalue weighted by Gasteiger charge is -2.27. The van der Waals surface area contributed by atoms with Gasteiger partial charge in [0.2, 0.25) is 0 Å². The smallest absolute Gasteiger partial charge is 0.277 e. The van der Waals surface area contributed by atoms with Crippen molar-refractivity contribution in [3.8, 4) is 0 Å². The van der Waals surface area contributed by atoms with Gasteiger partial charge in [0.25, 0.3) is 5.91 Å². The summed E-state index contributed by atoms with van der Waals surface area (Å²) in [6, 6.07) is 0. The number of quaternary nitrogens is 1. The number of rotatable bonds is 2. The highest BCUT2D eigenvalue weighted by molar-refractivity contribution is 5.77. The van der Waals surface area contributed by atoms with Crippen LogP contribution in [0.15, 0.2) is 0 Å². The average molecular weight is 172 g/mol. The van der Waals surface area contributed by atoms with E-state index in [2.05, 4.69) is 5.32 Å². The number of likely N-dealkylation sites (N-methyl/N-ethyl adjacent to an activating group) is 1. The Bertz CT molecular complexity index is 152. The zero-order valence-corrected chi connectivity index (χ0v) is 7.89. The Morgan fingerprint density at radius 3 is 2.50 bits per heavy atom. The summed E-state index contributed by atoms with van der Waals surface area (Å²) in [7, 11) is 4.00. The third-order valence-corrected chi connectivity index (χ3v) is 1.97. The minimum atomic E-state index is 0.275. The van der Waals surface area contributed by atoms with Crippen molar-refractivity contribution in [3.05, 3.63) is 0 Å². The molecule has 0 unspecified atom stereocenters. The Morgan fingerprint density at radius 1 is 1.42 bits per heavy atom. The van der Waals surface area contributed by atoms with E-state index in [1.54, 1.807) is 0 Å². The van der Waals surface area contributed by atoms with Gasteiger partial charge in [0.1, 0.15) is 0 Å². The van der Waals surface area contributed by atoms with Gasteiger partial charge >= 0.3 is 0 Å². The van der Waals surface area contributed by atoms with Gasteiger partial charge < -0.3 is 15.1 Å². The van der Waals surface area contributed by atoms with Crippen LogP contribution in [0.1, 0.15) is 0 Å². The fourth-order valence-corrected chi connectivity index (χ4v) is 1.33. The molecule has 12 heavy (non-hydrogen) atoms. The van der Waals surface area contributed by atoms with Gasteiger partial charge in [-0.1, -0.05) is 0 Å². The zero-order chi connectivity index (χ0) is 8.97. The van der Waals surface area contributed by atoms with E-state index in [0.717, 1.165) is 26.2 Å². The first-order valence-corrected chi connectivity index (χ1v) is 4.47. The number of carbonyl (C=O) groups is 1. The lowest BCUT2D eigenvalue weighted by Crippen LogP contribution is -3.07. The van der Waals surface area contributed by atoms with Gasteiger partial charge in [0, 0.05) is 26.2 Å². The van der Waals surface area contributed by atoms with Crippen molar-refractivity contribution in [1.29, 1.82) is 0 Å². The molecular formula is C8H18N3O+. The largest absolute Gasteiger partial charge is 0.335 e. The third kappa shape index (κ3) is 2.79. The molecule has 0 aromatic rings. The molecule has 1 aliphatic heterocycles. The summed E-state index contributed by atoms with van der Waals surface area (Å²) < 4.78 is 0. The van der Waals surface area contributed by atoms with Crippen LogP contribution in [0.2, 0.25) is 0 Å². The van der Waals surface area contributed by atoms with Crippen molar-refractivity contribution >= 4 is 5.91 Å². The van der Waals surface area contributed by atoms with E-state index in [-0.39, 0.29) is 5.91 Å². The molecule has 4 heteroatoms. The minimum absolute atomic E-state index is 0.275. The molecule has 1 saturated heterocycles. The lowest BCUT2D eigenvalue weighted by molar-refractivity contribution is -0.849. The number of nitrogens with zero attached hydrogens (tertiary/aromatic N) is 1. The number of hydrogen-bond donors (Lipinski definition) is 2. The molecule has 0 radical (unpaired) electrons. The van der Waals surface area contributed by atoms with Gasteiger partial charge in [-0.15, -0.1) is 0 Å². The van der Waals surface area contributed by atoms with E-state index < -0.39 is 0 Å². The van der Waals surface area contributed by atoms with Crippen molar-refractivity contribution in [2.45, 2.75) is 0 Å². The molecule has 1 heterocycles. The second-order valence-electron chi connectivity index (χ2n) is 3.51. The highest BCUT2D eigenvalue weighted by Crippen LogP contribution is 1.90. The van der Waals surface area contributed by atoms with Crippen molar-refractivity contribution < 1.29 is 9.69 Å². The van der Waals surface area contributed by atoms with Crippen molar-refractivity contribution in [2.75, 3.05) is 46.8 Å². The number of piperazine rings is 1. The van der Waals surface area contributed by atoms with Gasteiger partial charge in [-0.2, -0.15) is 0 Å². The monoisotopic (exact) mass is 172 g/mol. The van der Waals surface area contributed by atoms with Gasteiger partial charge in [-0.05, 0) is 0 Å². The summed E-state index contributed by atoms with van der Waals surface area (Å²) in [5.74, 6) is 0.275. The summed E-state index contributed by atoms with van der Waals surface area (Å²) in [5.41, 5.74) is 0.